The number of benzene rings is 1. The van der Waals surface area contributed by atoms with E-state index in [1.54, 1.807) is 47.7 Å². The summed E-state index contributed by atoms with van der Waals surface area (Å²) in [5.74, 6) is 0.569. The summed E-state index contributed by atoms with van der Waals surface area (Å²) in [7, 11) is 0. The summed E-state index contributed by atoms with van der Waals surface area (Å²) in [6.45, 7) is 0.669. The van der Waals surface area contributed by atoms with Crippen molar-refractivity contribution in [1.29, 1.82) is 0 Å². The Labute approximate surface area is 155 Å². The van der Waals surface area contributed by atoms with Crippen molar-refractivity contribution in [2.24, 2.45) is 0 Å². The first kappa shape index (κ1) is 18.1. The molecule has 0 atom stereocenters. The second-order valence-corrected chi connectivity index (χ2v) is 5.72. The zero-order chi connectivity index (χ0) is 19.1. The second-order valence-electron chi connectivity index (χ2n) is 5.72. The number of para-hydroxylation sites is 2. The molecular formula is C18H18N6O3. The van der Waals surface area contributed by atoms with Crippen LogP contribution < -0.4 is 10.6 Å². The molecule has 0 spiro atoms. The number of amides is 1. The molecule has 0 fully saturated rings. The van der Waals surface area contributed by atoms with E-state index in [1.807, 2.05) is 12.1 Å². The lowest BCUT2D eigenvalue weighted by molar-refractivity contribution is -0.384. The molecule has 2 N–H and O–H groups in total. The van der Waals surface area contributed by atoms with Crippen molar-refractivity contribution in [3.63, 3.8) is 0 Å². The molecule has 0 saturated carbocycles. The number of aromatic nitrogens is 3. The van der Waals surface area contributed by atoms with Crippen molar-refractivity contribution >= 4 is 17.3 Å². The van der Waals surface area contributed by atoms with Crippen LogP contribution in [0.5, 0.6) is 0 Å². The number of nitrogens with one attached hydrogen (secondary N) is 2. The molecule has 0 aliphatic heterocycles. The molecular weight excluding hydrogens is 348 g/mol. The highest BCUT2D eigenvalue weighted by atomic mass is 16.6. The molecule has 2 aromatic heterocycles. The molecule has 0 bridgehead atoms. The van der Waals surface area contributed by atoms with Gasteiger partial charge in [-0.15, -0.1) is 0 Å². The number of carbonyl (C=O) groups excluding carboxylic acids is 1. The molecule has 0 aliphatic carbocycles. The lowest BCUT2D eigenvalue weighted by Crippen LogP contribution is -2.25. The minimum atomic E-state index is -0.455. The Balaban J connectivity index is 1.48. The largest absolute Gasteiger partial charge is 0.379 e. The number of hydrogen-bond donors (Lipinski definition) is 2. The highest BCUT2D eigenvalue weighted by Gasteiger charge is 2.12. The average molecular weight is 366 g/mol. The molecule has 0 aliphatic rings. The van der Waals surface area contributed by atoms with Crippen LogP contribution >= 0.6 is 0 Å². The van der Waals surface area contributed by atoms with Crippen LogP contribution in [0.1, 0.15) is 12.0 Å². The van der Waals surface area contributed by atoms with Gasteiger partial charge in [0.05, 0.1) is 4.92 Å². The van der Waals surface area contributed by atoms with E-state index in [1.165, 1.54) is 6.07 Å². The number of carbonyl (C=O) groups is 1. The van der Waals surface area contributed by atoms with E-state index in [2.05, 4.69) is 20.6 Å². The van der Waals surface area contributed by atoms with Crippen LogP contribution in [0.4, 0.5) is 11.4 Å². The highest BCUT2D eigenvalue weighted by molar-refractivity contribution is 5.76. The normalized spacial score (nSPS) is 10.4. The SMILES string of the molecule is O=C(CCNc1ccccc1[N+](=O)[O-])NCc1ccnc(-n2ccnc2)c1. The molecule has 0 saturated heterocycles. The third-order valence-electron chi connectivity index (χ3n) is 3.84. The number of nitro benzene ring substituents is 1. The molecule has 138 valence electrons. The predicted molar refractivity (Wildman–Crippen MR) is 99.4 cm³/mol. The third kappa shape index (κ3) is 4.88. The maximum absolute atomic E-state index is 12.0. The van der Waals surface area contributed by atoms with Crippen molar-refractivity contribution in [2.45, 2.75) is 13.0 Å². The first-order valence-corrected chi connectivity index (χ1v) is 8.31. The summed E-state index contributed by atoms with van der Waals surface area (Å²) in [5.41, 5.74) is 1.30. The lowest BCUT2D eigenvalue weighted by atomic mass is 10.2. The Morgan fingerprint density at radius 2 is 2.07 bits per heavy atom. The van der Waals surface area contributed by atoms with Crippen LogP contribution in [0, 0.1) is 10.1 Å². The van der Waals surface area contributed by atoms with Gasteiger partial charge in [-0.2, -0.15) is 0 Å². The highest BCUT2D eigenvalue weighted by Crippen LogP contribution is 2.22. The number of imidazole rings is 1. The zero-order valence-corrected chi connectivity index (χ0v) is 14.4. The van der Waals surface area contributed by atoms with Gasteiger partial charge >= 0.3 is 0 Å². The van der Waals surface area contributed by atoms with Gasteiger partial charge in [0, 0.05) is 44.2 Å². The number of nitrogens with zero attached hydrogens (tertiary/aromatic N) is 4. The van der Waals surface area contributed by atoms with Crippen molar-refractivity contribution in [2.75, 3.05) is 11.9 Å². The zero-order valence-electron chi connectivity index (χ0n) is 14.4. The summed E-state index contributed by atoms with van der Waals surface area (Å²) in [6, 6.07) is 10.0. The molecule has 0 unspecified atom stereocenters. The standard InChI is InChI=1S/C18H18N6O3/c25-18(6-8-20-15-3-1-2-4-16(15)24(26)27)22-12-14-5-7-21-17(11-14)23-10-9-19-13-23/h1-5,7,9-11,13,20H,6,8,12H2,(H,22,25). The van der Waals surface area contributed by atoms with Gasteiger partial charge in [-0.1, -0.05) is 12.1 Å². The second kappa shape index (κ2) is 8.56. The van der Waals surface area contributed by atoms with Crippen LogP contribution in [-0.4, -0.2) is 31.9 Å². The number of anilines is 1. The van der Waals surface area contributed by atoms with Crippen LogP contribution in [0.25, 0.3) is 5.82 Å². The molecule has 3 rings (SSSR count). The molecule has 1 aromatic carbocycles. The Bertz CT molecular complexity index is 926. The number of rotatable bonds is 8. The van der Waals surface area contributed by atoms with Gasteiger partial charge < -0.3 is 10.6 Å². The van der Waals surface area contributed by atoms with Crippen LogP contribution in [0.15, 0.2) is 61.3 Å². The fraction of sp³-hybridized carbons (Fsp3) is 0.167. The molecule has 9 nitrogen and oxygen atoms in total. The van der Waals surface area contributed by atoms with Crippen LogP contribution in [0.3, 0.4) is 0 Å². The minimum Gasteiger partial charge on any atom is -0.379 e. The fourth-order valence-electron chi connectivity index (χ4n) is 2.49. The molecule has 9 heteroatoms. The van der Waals surface area contributed by atoms with E-state index in [9.17, 15) is 14.9 Å². The van der Waals surface area contributed by atoms with E-state index in [-0.39, 0.29) is 18.0 Å². The van der Waals surface area contributed by atoms with Crippen LogP contribution in [0.2, 0.25) is 0 Å². The average Bonchev–Trinajstić information content (AvgIpc) is 3.22. The Hall–Kier alpha value is -3.75. The lowest BCUT2D eigenvalue weighted by Gasteiger charge is -2.09. The van der Waals surface area contributed by atoms with Gasteiger partial charge in [0.2, 0.25) is 5.91 Å². The van der Waals surface area contributed by atoms with Gasteiger partial charge in [-0.25, -0.2) is 9.97 Å². The number of hydrogen-bond acceptors (Lipinski definition) is 6. The summed E-state index contributed by atoms with van der Waals surface area (Å²) in [4.78, 5) is 30.8. The van der Waals surface area contributed by atoms with Crippen molar-refractivity contribution < 1.29 is 9.72 Å². The first-order chi connectivity index (χ1) is 13.1. The summed E-state index contributed by atoms with van der Waals surface area (Å²) in [6.07, 6.45) is 6.98. The van der Waals surface area contributed by atoms with Crippen LogP contribution in [-0.2, 0) is 11.3 Å². The quantitative estimate of drug-likeness (QED) is 0.467. The van der Waals surface area contributed by atoms with Gasteiger partial charge in [0.15, 0.2) is 0 Å². The molecule has 27 heavy (non-hydrogen) atoms. The number of nitro groups is 1. The topological polar surface area (TPSA) is 115 Å². The Kier molecular flexibility index (Phi) is 5.73. The van der Waals surface area contributed by atoms with Gasteiger partial charge in [0.25, 0.3) is 5.69 Å². The van der Waals surface area contributed by atoms with Crippen molar-refractivity contribution in [3.05, 3.63) is 77.0 Å². The third-order valence-corrected chi connectivity index (χ3v) is 3.84. The van der Waals surface area contributed by atoms with E-state index >= 15 is 0 Å². The maximum atomic E-state index is 12.0. The summed E-state index contributed by atoms with van der Waals surface area (Å²) < 4.78 is 1.78. The summed E-state index contributed by atoms with van der Waals surface area (Å²) in [5, 5.41) is 16.7. The van der Waals surface area contributed by atoms with Crippen molar-refractivity contribution in [1.82, 2.24) is 19.9 Å². The molecule has 0 radical (unpaired) electrons. The minimum absolute atomic E-state index is 0.0123. The predicted octanol–water partition coefficient (Wildman–Crippen LogP) is 2.29. The van der Waals surface area contributed by atoms with Gasteiger partial charge in [-0.3, -0.25) is 19.5 Å². The smallest absolute Gasteiger partial charge is 0.292 e. The van der Waals surface area contributed by atoms with Crippen molar-refractivity contribution in [3.8, 4) is 5.82 Å². The van der Waals surface area contributed by atoms with Gasteiger partial charge in [0.1, 0.15) is 17.8 Å². The van der Waals surface area contributed by atoms with E-state index in [0.29, 0.717) is 18.8 Å². The maximum Gasteiger partial charge on any atom is 0.292 e. The monoisotopic (exact) mass is 366 g/mol. The fourth-order valence-corrected chi connectivity index (χ4v) is 2.49. The van der Waals surface area contributed by atoms with E-state index < -0.39 is 4.92 Å². The molecule has 3 aromatic rings. The van der Waals surface area contributed by atoms with Gasteiger partial charge in [-0.05, 0) is 23.8 Å². The molecule has 2 heterocycles. The van der Waals surface area contributed by atoms with E-state index in [0.717, 1.165) is 11.4 Å². The first-order valence-electron chi connectivity index (χ1n) is 8.31. The number of pyridine rings is 1. The Morgan fingerprint density at radius 1 is 1.22 bits per heavy atom. The summed E-state index contributed by atoms with van der Waals surface area (Å²) >= 11 is 0. The van der Waals surface area contributed by atoms with E-state index in [4.69, 9.17) is 0 Å². The Morgan fingerprint density at radius 3 is 2.85 bits per heavy atom. The molecule has 1 amide bonds.